The smallest absolute Gasteiger partial charge is 0.328 e. The first-order valence-corrected chi connectivity index (χ1v) is 15.3. The minimum Gasteiger partial charge on any atom is -0.328 e. The van der Waals surface area contributed by atoms with Crippen LogP contribution in [-0.2, 0) is 43.2 Å². The molecule has 44 heavy (non-hydrogen) atoms. The number of hydrogen-bond acceptors (Lipinski definition) is 13. The maximum absolute atomic E-state index is 12.1. The van der Waals surface area contributed by atoms with E-state index in [1.165, 1.54) is 0 Å². The zero-order valence-corrected chi connectivity index (χ0v) is 24.7. The van der Waals surface area contributed by atoms with Crippen molar-refractivity contribution in [3.8, 4) is 0 Å². The summed E-state index contributed by atoms with van der Waals surface area (Å²) in [5, 5.41) is 2.04. The van der Waals surface area contributed by atoms with Crippen molar-refractivity contribution in [1.82, 2.24) is 20.0 Å². The van der Waals surface area contributed by atoms with Gasteiger partial charge in [-0.1, -0.05) is 29.0 Å². The van der Waals surface area contributed by atoms with E-state index in [1.807, 2.05) is 30.3 Å². The quantitative estimate of drug-likeness (QED) is 0.288. The third-order valence-electron chi connectivity index (χ3n) is 6.10. The van der Waals surface area contributed by atoms with Crippen molar-refractivity contribution in [3.63, 3.8) is 0 Å². The number of imide groups is 3. The fourth-order valence-electron chi connectivity index (χ4n) is 3.76. The maximum atomic E-state index is 12.1. The van der Waals surface area contributed by atoms with Gasteiger partial charge >= 0.3 is 11.9 Å². The van der Waals surface area contributed by atoms with Crippen LogP contribution in [0.5, 0.6) is 0 Å². The van der Waals surface area contributed by atoms with Crippen molar-refractivity contribution in [1.29, 1.82) is 0 Å². The van der Waals surface area contributed by atoms with Gasteiger partial charge in [0.25, 0.3) is 35.4 Å². The van der Waals surface area contributed by atoms with Crippen LogP contribution in [0.1, 0.15) is 53.8 Å². The van der Waals surface area contributed by atoms with Crippen LogP contribution in [0.15, 0.2) is 65.8 Å². The molecule has 228 valence electrons. The Bertz CT molecular complexity index is 1470. The van der Waals surface area contributed by atoms with Gasteiger partial charge in [0, 0.05) is 49.3 Å². The van der Waals surface area contributed by atoms with E-state index in [0.717, 1.165) is 22.7 Å². The van der Waals surface area contributed by atoms with E-state index in [4.69, 9.17) is 4.84 Å². The van der Waals surface area contributed by atoms with E-state index in [0.29, 0.717) is 15.0 Å². The van der Waals surface area contributed by atoms with Crippen molar-refractivity contribution in [2.75, 3.05) is 6.54 Å². The second kappa shape index (κ2) is 14.6. The van der Waals surface area contributed by atoms with Crippen LogP contribution in [-0.4, -0.2) is 73.9 Å². The first-order chi connectivity index (χ1) is 21.0. The summed E-state index contributed by atoms with van der Waals surface area (Å²) < 4.78 is 0. The van der Waals surface area contributed by atoms with E-state index in [2.05, 4.69) is 16.7 Å². The Labute approximate surface area is 258 Å². The highest BCUT2D eigenvalue weighted by molar-refractivity contribution is 8.76. The van der Waals surface area contributed by atoms with Crippen LogP contribution >= 0.6 is 21.6 Å². The highest BCUT2D eigenvalue weighted by atomic mass is 33.1. The fraction of sp³-hybridized carbons (Fsp3) is 0.250. The number of hydrogen-bond donors (Lipinski definition) is 0. The lowest BCUT2D eigenvalue weighted by atomic mass is 10.1. The van der Waals surface area contributed by atoms with E-state index < -0.39 is 53.9 Å². The molecule has 2 aromatic rings. The summed E-state index contributed by atoms with van der Waals surface area (Å²) in [5.41, 5.74) is 1.33. The van der Waals surface area contributed by atoms with Crippen molar-refractivity contribution in [2.24, 2.45) is 0 Å². The Morgan fingerprint density at radius 2 is 1.34 bits per heavy atom. The molecule has 0 saturated carbocycles. The molecule has 0 aliphatic carbocycles. The zero-order chi connectivity index (χ0) is 31.8. The molecular weight excluding hydrogens is 616 g/mol. The summed E-state index contributed by atoms with van der Waals surface area (Å²) in [7, 11) is 3.25. The number of rotatable bonds is 9. The number of hydroxylamine groups is 4. The van der Waals surface area contributed by atoms with Gasteiger partial charge in [0.15, 0.2) is 0 Å². The SMILES string of the molecule is CC(SSc1ccccn1)c1ccc(C(=O)ON2C(=O)CCC2=O)cc1.O=C(CN1C(=O)C=CC1=O)ON1C(=O)CCC1=O. The molecule has 1 unspecified atom stereocenters. The fourth-order valence-corrected chi connectivity index (χ4v) is 5.87. The zero-order valence-electron chi connectivity index (χ0n) is 23.1. The Morgan fingerprint density at radius 1 is 0.795 bits per heavy atom. The molecule has 14 nitrogen and oxygen atoms in total. The third kappa shape index (κ3) is 8.17. The molecule has 0 radical (unpaired) electrons. The number of nitrogens with zero attached hydrogens (tertiary/aromatic N) is 4. The van der Waals surface area contributed by atoms with E-state index >= 15 is 0 Å². The van der Waals surface area contributed by atoms with E-state index in [1.54, 1.807) is 39.9 Å². The van der Waals surface area contributed by atoms with Crippen molar-refractivity contribution in [2.45, 2.75) is 42.9 Å². The third-order valence-corrected chi connectivity index (χ3v) is 8.83. The highest BCUT2D eigenvalue weighted by Crippen LogP contribution is 2.41. The predicted molar refractivity (Wildman–Crippen MR) is 152 cm³/mol. The standard InChI is InChI=1S/C18H16N2O4S2.C10H8N2O6/c1-12(25-26-15-4-2-3-11-19-15)13-5-7-14(8-6-13)18(23)24-20-16(21)9-10-17(20)22;13-6-1-2-7(14)11(6)5-10(17)18-12-8(15)3-4-9(12)16/h2-8,11-12H,9-10H2,1H3;1-2H,3-5H2. The number of pyridine rings is 1. The van der Waals surface area contributed by atoms with Crippen molar-refractivity contribution in [3.05, 3.63) is 71.9 Å². The van der Waals surface area contributed by atoms with Gasteiger partial charge in [-0.15, -0.1) is 10.1 Å². The summed E-state index contributed by atoms with van der Waals surface area (Å²) in [4.78, 5) is 105. The van der Waals surface area contributed by atoms with Gasteiger partial charge in [-0.3, -0.25) is 33.7 Å². The lowest BCUT2D eigenvalue weighted by Gasteiger charge is -2.16. The summed E-state index contributed by atoms with van der Waals surface area (Å²) >= 11 is 0. The Hall–Kier alpha value is -4.83. The monoisotopic (exact) mass is 640 g/mol. The van der Waals surface area contributed by atoms with Crippen LogP contribution in [0.25, 0.3) is 0 Å². The summed E-state index contributed by atoms with van der Waals surface area (Å²) in [5.74, 6) is -5.25. The number of aromatic nitrogens is 1. The molecule has 2 fully saturated rings. The van der Waals surface area contributed by atoms with Gasteiger partial charge < -0.3 is 9.68 Å². The normalized spacial score (nSPS) is 16.8. The highest BCUT2D eigenvalue weighted by Gasteiger charge is 2.35. The van der Waals surface area contributed by atoms with E-state index in [-0.39, 0.29) is 36.5 Å². The number of carbonyl (C=O) groups excluding carboxylic acids is 8. The number of amides is 6. The molecule has 16 heteroatoms. The largest absolute Gasteiger partial charge is 0.363 e. The second-order valence-corrected chi connectivity index (χ2v) is 11.8. The molecule has 0 N–H and O–H groups in total. The van der Waals surface area contributed by atoms with Crippen LogP contribution in [0.4, 0.5) is 0 Å². The Kier molecular flexibility index (Phi) is 10.6. The van der Waals surface area contributed by atoms with Gasteiger partial charge in [-0.25, -0.2) is 14.6 Å². The summed E-state index contributed by atoms with van der Waals surface area (Å²) in [6.45, 7) is 1.43. The molecule has 4 heterocycles. The lowest BCUT2D eigenvalue weighted by Crippen LogP contribution is -2.40. The average Bonchev–Trinajstić information content (AvgIpc) is 3.64. The van der Waals surface area contributed by atoms with Gasteiger partial charge in [-0.2, -0.15) is 0 Å². The first kappa shape index (κ1) is 32.1. The Balaban J connectivity index is 0.000000215. The van der Waals surface area contributed by atoms with Crippen LogP contribution < -0.4 is 0 Å². The van der Waals surface area contributed by atoms with Crippen LogP contribution in [0.2, 0.25) is 0 Å². The molecule has 1 aromatic heterocycles. The molecule has 1 atom stereocenters. The van der Waals surface area contributed by atoms with E-state index in [9.17, 15) is 38.4 Å². The lowest BCUT2D eigenvalue weighted by molar-refractivity contribution is -0.198. The van der Waals surface area contributed by atoms with Gasteiger partial charge in [0.1, 0.15) is 11.6 Å². The molecule has 1 aromatic carbocycles. The molecule has 0 spiro atoms. The van der Waals surface area contributed by atoms with Gasteiger partial charge in [0.05, 0.1) is 5.56 Å². The summed E-state index contributed by atoms with van der Waals surface area (Å²) in [6.07, 6.45) is 3.90. The maximum Gasteiger partial charge on any atom is 0.363 e. The van der Waals surface area contributed by atoms with Gasteiger partial charge in [-0.05, 0) is 47.5 Å². The minimum absolute atomic E-state index is 0.0186. The number of benzene rings is 1. The number of carbonyl (C=O) groups is 8. The molecule has 3 aliphatic rings. The average molecular weight is 641 g/mol. The van der Waals surface area contributed by atoms with Crippen molar-refractivity contribution >= 4 is 69.0 Å². The second-order valence-electron chi connectivity index (χ2n) is 9.21. The van der Waals surface area contributed by atoms with Gasteiger partial charge in [0.2, 0.25) is 0 Å². The molecule has 0 bridgehead atoms. The molecule has 6 amide bonds. The first-order valence-electron chi connectivity index (χ1n) is 13.1. The van der Waals surface area contributed by atoms with Crippen LogP contribution in [0.3, 0.4) is 0 Å². The molecular formula is C28H24N4O10S2. The van der Waals surface area contributed by atoms with Crippen LogP contribution in [0, 0.1) is 0 Å². The van der Waals surface area contributed by atoms with Crippen molar-refractivity contribution < 1.29 is 48.0 Å². The molecule has 2 saturated heterocycles. The Morgan fingerprint density at radius 3 is 1.86 bits per heavy atom. The topological polar surface area (TPSA) is 178 Å². The minimum atomic E-state index is -1.02. The molecule has 3 aliphatic heterocycles. The predicted octanol–water partition coefficient (Wildman–Crippen LogP) is 2.32. The molecule has 5 rings (SSSR count). The summed E-state index contributed by atoms with van der Waals surface area (Å²) in [6, 6.07) is 12.7.